The van der Waals surface area contributed by atoms with Gasteiger partial charge in [-0.15, -0.1) is 0 Å². The summed E-state index contributed by atoms with van der Waals surface area (Å²) in [6, 6.07) is 12.5. The van der Waals surface area contributed by atoms with Gasteiger partial charge in [0, 0.05) is 12.2 Å². The molecule has 128 valence electrons. The van der Waals surface area contributed by atoms with Crippen molar-refractivity contribution in [2.45, 2.75) is 0 Å². The van der Waals surface area contributed by atoms with Crippen LogP contribution < -0.4 is 15.5 Å². The first-order valence-corrected chi connectivity index (χ1v) is 8.15. The molecule has 3 rings (SSSR count). The summed E-state index contributed by atoms with van der Waals surface area (Å²) in [5, 5.41) is 5.82. The van der Waals surface area contributed by atoms with Gasteiger partial charge in [-0.1, -0.05) is 41.4 Å². The number of rotatable bonds is 3. The van der Waals surface area contributed by atoms with Crippen molar-refractivity contribution in [3.05, 3.63) is 58.6 Å². The number of amides is 4. The minimum atomic E-state index is -1.05. The molecule has 2 aromatic rings. The number of hydrogen-bond donors (Lipinski definition) is 2. The highest BCUT2D eigenvalue weighted by atomic mass is 35.5. The van der Waals surface area contributed by atoms with Crippen LogP contribution in [0.2, 0.25) is 10.0 Å². The van der Waals surface area contributed by atoms with E-state index in [1.165, 1.54) is 6.07 Å². The molecular formula is C17H13Cl2N3O3. The number of urea groups is 1. The molecule has 0 bridgehead atoms. The summed E-state index contributed by atoms with van der Waals surface area (Å²) in [7, 11) is 0. The van der Waals surface area contributed by atoms with Crippen LogP contribution in [0.4, 0.5) is 16.2 Å². The number of imide groups is 1. The molecule has 0 spiro atoms. The zero-order chi connectivity index (χ0) is 18.0. The van der Waals surface area contributed by atoms with E-state index < -0.39 is 23.8 Å². The summed E-state index contributed by atoms with van der Waals surface area (Å²) < 4.78 is 0. The molecule has 1 unspecified atom stereocenters. The van der Waals surface area contributed by atoms with Crippen LogP contribution in [0, 0.1) is 5.92 Å². The number of carbonyl (C=O) groups is 3. The van der Waals surface area contributed by atoms with Crippen LogP contribution in [0.15, 0.2) is 48.5 Å². The lowest BCUT2D eigenvalue weighted by Gasteiger charge is -2.30. The standard InChI is InChI=1S/C17H13Cl2N3O3/c18-13-7-6-10(8-14(13)19)21-15(23)12-9-20-17(25)22(16(12)24)11-4-2-1-3-5-11/h1-8,12H,9H2,(H,20,25)(H,21,23). The molecule has 8 heteroatoms. The van der Waals surface area contributed by atoms with Gasteiger partial charge in [0.25, 0.3) is 0 Å². The van der Waals surface area contributed by atoms with Crippen molar-refractivity contribution in [3.8, 4) is 0 Å². The number of hydrogen-bond acceptors (Lipinski definition) is 3. The summed E-state index contributed by atoms with van der Waals surface area (Å²) in [5.74, 6) is -2.18. The molecule has 1 atom stereocenters. The van der Waals surface area contributed by atoms with Crippen molar-refractivity contribution in [1.29, 1.82) is 0 Å². The van der Waals surface area contributed by atoms with E-state index in [2.05, 4.69) is 10.6 Å². The van der Waals surface area contributed by atoms with Gasteiger partial charge in [-0.3, -0.25) is 9.59 Å². The summed E-state index contributed by atoms with van der Waals surface area (Å²) in [6.07, 6.45) is 0. The Morgan fingerprint density at radius 3 is 2.48 bits per heavy atom. The minimum absolute atomic E-state index is 0.0752. The van der Waals surface area contributed by atoms with E-state index >= 15 is 0 Å². The van der Waals surface area contributed by atoms with Crippen LogP contribution in [0.3, 0.4) is 0 Å². The van der Waals surface area contributed by atoms with E-state index in [9.17, 15) is 14.4 Å². The van der Waals surface area contributed by atoms with Gasteiger partial charge in [0.2, 0.25) is 11.8 Å². The predicted molar refractivity (Wildman–Crippen MR) is 95.9 cm³/mol. The molecule has 4 amide bonds. The summed E-state index contributed by atoms with van der Waals surface area (Å²) >= 11 is 11.8. The molecule has 1 fully saturated rings. The number of nitrogens with one attached hydrogen (secondary N) is 2. The quantitative estimate of drug-likeness (QED) is 0.805. The Kier molecular flexibility index (Phi) is 4.92. The molecule has 1 heterocycles. The second-order valence-electron chi connectivity index (χ2n) is 5.37. The molecule has 0 aliphatic carbocycles. The topological polar surface area (TPSA) is 78.5 Å². The highest BCUT2D eigenvalue weighted by molar-refractivity contribution is 6.42. The van der Waals surface area contributed by atoms with E-state index in [0.29, 0.717) is 16.4 Å². The zero-order valence-electron chi connectivity index (χ0n) is 12.8. The maximum Gasteiger partial charge on any atom is 0.328 e. The van der Waals surface area contributed by atoms with Gasteiger partial charge in [0.05, 0.1) is 15.7 Å². The second-order valence-corrected chi connectivity index (χ2v) is 6.18. The number of carbonyl (C=O) groups excluding carboxylic acids is 3. The van der Waals surface area contributed by atoms with Crippen LogP contribution in [-0.2, 0) is 9.59 Å². The predicted octanol–water partition coefficient (Wildman–Crippen LogP) is 3.30. The van der Waals surface area contributed by atoms with E-state index in [0.717, 1.165) is 4.90 Å². The molecule has 0 saturated carbocycles. The van der Waals surface area contributed by atoms with Crippen LogP contribution in [0.5, 0.6) is 0 Å². The Morgan fingerprint density at radius 2 is 1.80 bits per heavy atom. The fourth-order valence-corrected chi connectivity index (χ4v) is 2.74. The van der Waals surface area contributed by atoms with Crippen molar-refractivity contribution in [1.82, 2.24) is 5.32 Å². The van der Waals surface area contributed by atoms with Gasteiger partial charge in [-0.25, -0.2) is 9.69 Å². The molecule has 1 saturated heterocycles. The first kappa shape index (κ1) is 17.3. The summed E-state index contributed by atoms with van der Waals surface area (Å²) in [4.78, 5) is 38.1. The van der Waals surface area contributed by atoms with Gasteiger partial charge in [-0.05, 0) is 30.3 Å². The molecular weight excluding hydrogens is 365 g/mol. The largest absolute Gasteiger partial charge is 0.336 e. The summed E-state index contributed by atoms with van der Waals surface area (Å²) in [5.41, 5.74) is 0.812. The molecule has 0 aromatic heterocycles. The molecule has 1 aliphatic rings. The first-order chi connectivity index (χ1) is 12.0. The zero-order valence-corrected chi connectivity index (χ0v) is 14.3. The van der Waals surface area contributed by atoms with Gasteiger partial charge in [-0.2, -0.15) is 0 Å². The number of nitrogens with zero attached hydrogens (tertiary/aromatic N) is 1. The molecule has 2 N–H and O–H groups in total. The fourth-order valence-electron chi connectivity index (χ4n) is 2.44. The molecule has 25 heavy (non-hydrogen) atoms. The average Bonchev–Trinajstić information content (AvgIpc) is 2.59. The number of benzene rings is 2. The lowest BCUT2D eigenvalue weighted by atomic mass is 10.0. The number of anilines is 2. The van der Waals surface area contributed by atoms with Crippen molar-refractivity contribution in [2.75, 3.05) is 16.8 Å². The molecule has 6 nitrogen and oxygen atoms in total. The van der Waals surface area contributed by atoms with Crippen LogP contribution >= 0.6 is 23.2 Å². The Labute approximate surface area is 153 Å². The number of para-hydroxylation sites is 1. The molecule has 1 aliphatic heterocycles. The average molecular weight is 378 g/mol. The Morgan fingerprint density at radius 1 is 1.08 bits per heavy atom. The Bertz CT molecular complexity index is 842. The third-order valence-electron chi connectivity index (χ3n) is 3.70. The minimum Gasteiger partial charge on any atom is -0.336 e. The third kappa shape index (κ3) is 3.60. The van der Waals surface area contributed by atoms with Crippen LogP contribution in [0.1, 0.15) is 0 Å². The van der Waals surface area contributed by atoms with Gasteiger partial charge < -0.3 is 10.6 Å². The fraction of sp³-hybridized carbons (Fsp3) is 0.118. The van der Waals surface area contributed by atoms with Crippen LogP contribution in [0.25, 0.3) is 0 Å². The highest BCUT2D eigenvalue weighted by Crippen LogP contribution is 2.26. The molecule has 0 radical (unpaired) electrons. The van der Waals surface area contributed by atoms with Gasteiger partial charge >= 0.3 is 6.03 Å². The lowest BCUT2D eigenvalue weighted by Crippen LogP contribution is -2.58. The van der Waals surface area contributed by atoms with E-state index in [-0.39, 0.29) is 11.6 Å². The third-order valence-corrected chi connectivity index (χ3v) is 4.44. The second kappa shape index (κ2) is 7.13. The van der Waals surface area contributed by atoms with Crippen LogP contribution in [-0.4, -0.2) is 24.4 Å². The SMILES string of the molecule is O=C(Nc1ccc(Cl)c(Cl)c1)C1CNC(=O)N(c2ccccc2)C1=O. The maximum atomic E-state index is 12.6. The van der Waals surface area contributed by atoms with Gasteiger partial charge in [0.15, 0.2) is 0 Å². The summed E-state index contributed by atoms with van der Waals surface area (Å²) in [6.45, 7) is -0.0752. The number of halogens is 2. The van der Waals surface area contributed by atoms with Crippen molar-refractivity contribution in [2.24, 2.45) is 5.92 Å². The smallest absolute Gasteiger partial charge is 0.328 e. The van der Waals surface area contributed by atoms with E-state index in [4.69, 9.17) is 23.2 Å². The normalized spacial score (nSPS) is 17.2. The Balaban J connectivity index is 1.79. The monoisotopic (exact) mass is 377 g/mol. The van der Waals surface area contributed by atoms with E-state index in [1.54, 1.807) is 42.5 Å². The van der Waals surface area contributed by atoms with E-state index in [1.807, 2.05) is 0 Å². The van der Waals surface area contributed by atoms with Gasteiger partial charge in [0.1, 0.15) is 5.92 Å². The van der Waals surface area contributed by atoms with Crippen molar-refractivity contribution in [3.63, 3.8) is 0 Å². The van der Waals surface area contributed by atoms with Crippen molar-refractivity contribution >= 4 is 52.4 Å². The highest BCUT2D eigenvalue weighted by Gasteiger charge is 2.39. The maximum absolute atomic E-state index is 12.6. The first-order valence-electron chi connectivity index (χ1n) is 7.40. The van der Waals surface area contributed by atoms with Crippen molar-refractivity contribution < 1.29 is 14.4 Å². The Hall–Kier alpha value is -2.57. The molecule has 2 aromatic carbocycles. The lowest BCUT2D eigenvalue weighted by molar-refractivity contribution is -0.130.